The highest BCUT2D eigenvalue weighted by atomic mass is 35.5. The molecular weight excluding hydrogens is 324 g/mol. The molecule has 0 aromatic carbocycles. The molecule has 0 radical (unpaired) electrons. The highest BCUT2D eigenvalue weighted by Crippen LogP contribution is 2.36. The number of rotatable bonds is 4. The van der Waals surface area contributed by atoms with Crippen molar-refractivity contribution in [3.05, 3.63) is 0 Å². The van der Waals surface area contributed by atoms with Crippen molar-refractivity contribution in [1.29, 1.82) is 0 Å². The lowest BCUT2D eigenvalue weighted by molar-refractivity contribution is -0.204. The lowest BCUT2D eigenvalue weighted by Crippen LogP contribution is -2.69. The van der Waals surface area contributed by atoms with Gasteiger partial charge in [-0.2, -0.15) is 0 Å². The van der Waals surface area contributed by atoms with E-state index in [0.717, 1.165) is 4.90 Å². The summed E-state index contributed by atoms with van der Waals surface area (Å²) in [6.07, 6.45) is -0.492. The molecule has 0 bridgehead atoms. The second kappa shape index (κ2) is 7.63. The molecule has 3 atom stereocenters. The average Bonchev–Trinajstić information content (AvgIpc) is 2.35. The number of nitrogens with two attached hydrogens (primary N) is 2. The molecule has 4 N–H and O–H groups in total. The lowest BCUT2D eigenvalue weighted by Gasteiger charge is -2.48. The molecule has 8 nitrogen and oxygen atoms in total. The van der Waals surface area contributed by atoms with Crippen LogP contribution in [-0.2, 0) is 19.1 Å². The molecule has 1 saturated heterocycles. The number of amides is 2. The van der Waals surface area contributed by atoms with E-state index in [2.05, 4.69) is 4.99 Å². The van der Waals surface area contributed by atoms with Gasteiger partial charge in [0, 0.05) is 12.3 Å². The minimum Gasteiger partial charge on any atom is -0.440 e. The number of halogens is 1. The Kier molecular flexibility index (Phi) is 7.02. The van der Waals surface area contributed by atoms with Gasteiger partial charge < -0.3 is 16.2 Å². The molecule has 1 heterocycles. The van der Waals surface area contributed by atoms with E-state index < -0.39 is 41.4 Å². The Hall–Kier alpha value is -1.83. The van der Waals surface area contributed by atoms with Gasteiger partial charge in [-0.3, -0.25) is 14.4 Å². The van der Waals surface area contributed by atoms with E-state index in [1.807, 2.05) is 6.92 Å². The first-order valence-electron chi connectivity index (χ1n) is 7.14. The summed E-state index contributed by atoms with van der Waals surface area (Å²) in [6, 6.07) is -0.536. The molecule has 0 spiro atoms. The van der Waals surface area contributed by atoms with Gasteiger partial charge in [-0.1, -0.05) is 27.7 Å². The van der Waals surface area contributed by atoms with Gasteiger partial charge in [-0.15, -0.1) is 12.4 Å². The van der Waals surface area contributed by atoms with Gasteiger partial charge in [-0.05, 0) is 6.42 Å². The van der Waals surface area contributed by atoms with Crippen LogP contribution in [0.15, 0.2) is 4.99 Å². The summed E-state index contributed by atoms with van der Waals surface area (Å²) in [5.41, 5.74) is 9.97. The molecule has 132 valence electrons. The van der Waals surface area contributed by atoms with Crippen molar-refractivity contribution in [3.63, 3.8) is 0 Å². The van der Waals surface area contributed by atoms with Crippen LogP contribution in [0.3, 0.4) is 0 Å². The molecule has 1 aliphatic rings. The number of nitrogens with zero attached hydrogens (tertiary/aromatic N) is 2. The molecule has 1 aliphatic heterocycles. The lowest BCUT2D eigenvalue weighted by atomic mass is 9.83. The summed E-state index contributed by atoms with van der Waals surface area (Å²) in [6.45, 7) is 8.10. The first-order valence-corrected chi connectivity index (χ1v) is 7.14. The Morgan fingerprint density at radius 2 is 1.87 bits per heavy atom. The van der Waals surface area contributed by atoms with Crippen molar-refractivity contribution in [2.45, 2.75) is 53.3 Å². The maximum Gasteiger partial charge on any atom is 0.304 e. The predicted octanol–water partition coefficient (Wildman–Crippen LogP) is 0.381. The quantitative estimate of drug-likeness (QED) is 0.327. The van der Waals surface area contributed by atoms with Gasteiger partial charge in [0.05, 0.1) is 6.04 Å². The maximum absolute atomic E-state index is 12.4. The van der Waals surface area contributed by atoms with E-state index in [9.17, 15) is 14.4 Å². The normalized spacial score (nSPS) is 21.6. The number of likely N-dealkylation sites (tertiary alicyclic amines) is 1. The van der Waals surface area contributed by atoms with Crippen molar-refractivity contribution >= 4 is 36.2 Å². The summed E-state index contributed by atoms with van der Waals surface area (Å²) in [7, 11) is 0. The number of hydrogen-bond acceptors (Lipinski definition) is 5. The monoisotopic (exact) mass is 348 g/mol. The first kappa shape index (κ1) is 21.2. The maximum atomic E-state index is 12.4. The zero-order chi connectivity index (χ0) is 17.2. The molecule has 3 unspecified atom stereocenters. The fourth-order valence-corrected chi connectivity index (χ4v) is 2.33. The average molecular weight is 349 g/mol. The molecule has 1 fully saturated rings. The van der Waals surface area contributed by atoms with Gasteiger partial charge in [0.1, 0.15) is 5.92 Å². The summed E-state index contributed by atoms with van der Waals surface area (Å²) in [4.78, 5) is 41.0. The number of ether oxygens (including phenoxy) is 1. The van der Waals surface area contributed by atoms with Crippen LogP contribution in [0, 0.1) is 11.3 Å². The number of carbonyl (C=O) groups is 3. The fourth-order valence-electron chi connectivity index (χ4n) is 2.33. The number of β-lactam (4-membered cyclic amide) rings is 1. The Bertz CT molecular complexity index is 511. The molecule has 0 aromatic heterocycles. The Balaban J connectivity index is 0.00000484. The van der Waals surface area contributed by atoms with Crippen molar-refractivity contribution in [2.75, 3.05) is 0 Å². The topological polar surface area (TPSA) is 128 Å². The molecule has 0 saturated carbocycles. The van der Waals surface area contributed by atoms with E-state index in [1.165, 1.54) is 6.92 Å². The van der Waals surface area contributed by atoms with E-state index >= 15 is 0 Å². The van der Waals surface area contributed by atoms with Gasteiger partial charge >= 0.3 is 5.97 Å². The number of aliphatic imine (C=N–C) groups is 1. The minimum atomic E-state index is -0.968. The van der Waals surface area contributed by atoms with Crippen LogP contribution in [-0.4, -0.2) is 40.9 Å². The van der Waals surface area contributed by atoms with Crippen LogP contribution in [0.4, 0.5) is 0 Å². The van der Waals surface area contributed by atoms with Crippen LogP contribution in [0.5, 0.6) is 0 Å². The van der Waals surface area contributed by atoms with E-state index in [-0.39, 0.29) is 18.4 Å². The zero-order valence-corrected chi connectivity index (χ0v) is 14.8. The minimum absolute atomic E-state index is 0. The van der Waals surface area contributed by atoms with E-state index in [4.69, 9.17) is 16.2 Å². The van der Waals surface area contributed by atoms with Crippen molar-refractivity contribution in [2.24, 2.45) is 27.8 Å². The molecule has 9 heteroatoms. The molecule has 0 aromatic rings. The van der Waals surface area contributed by atoms with Crippen LogP contribution in [0.25, 0.3) is 0 Å². The number of hydrogen-bond donors (Lipinski definition) is 2. The number of esters is 1. The number of guanidine groups is 1. The molecule has 23 heavy (non-hydrogen) atoms. The van der Waals surface area contributed by atoms with E-state index in [1.54, 1.807) is 20.8 Å². The number of imide groups is 1. The van der Waals surface area contributed by atoms with Crippen molar-refractivity contribution in [3.8, 4) is 0 Å². The molecule has 1 rings (SSSR count). The summed E-state index contributed by atoms with van der Waals surface area (Å²) >= 11 is 0. The fraction of sp³-hybridized carbons (Fsp3) is 0.714. The second-order valence-corrected chi connectivity index (χ2v) is 6.32. The largest absolute Gasteiger partial charge is 0.440 e. The van der Waals surface area contributed by atoms with Crippen molar-refractivity contribution in [1.82, 2.24) is 4.90 Å². The van der Waals surface area contributed by atoms with Gasteiger partial charge in [0.15, 0.2) is 12.2 Å². The summed E-state index contributed by atoms with van der Waals surface area (Å²) < 4.78 is 5.16. The zero-order valence-electron chi connectivity index (χ0n) is 14.0. The third-order valence-electron chi connectivity index (χ3n) is 3.38. The molecule has 2 amide bonds. The molecule has 0 aliphatic carbocycles. The highest BCUT2D eigenvalue weighted by Gasteiger charge is 2.57. The predicted molar refractivity (Wildman–Crippen MR) is 87.5 cm³/mol. The van der Waals surface area contributed by atoms with Crippen LogP contribution in [0.2, 0.25) is 0 Å². The van der Waals surface area contributed by atoms with Gasteiger partial charge in [0.2, 0.25) is 11.8 Å². The van der Waals surface area contributed by atoms with Crippen LogP contribution in [0.1, 0.15) is 41.0 Å². The first-order chi connectivity index (χ1) is 10.0. The Labute approximate surface area is 142 Å². The smallest absolute Gasteiger partial charge is 0.304 e. The highest BCUT2D eigenvalue weighted by molar-refractivity contribution is 6.04. The van der Waals surface area contributed by atoms with E-state index in [0.29, 0.717) is 6.42 Å². The SMILES string of the molecule is CCC(N=C(N)N)C1C(=O)N(C(=O)C(C)(C)C)C1OC(C)=O.Cl. The number of carbonyl (C=O) groups excluding carboxylic acids is 3. The summed E-state index contributed by atoms with van der Waals surface area (Å²) in [5, 5.41) is 0. The Morgan fingerprint density at radius 1 is 1.35 bits per heavy atom. The summed E-state index contributed by atoms with van der Waals surface area (Å²) in [5.74, 6) is -2.31. The third kappa shape index (κ3) is 4.57. The van der Waals surface area contributed by atoms with Gasteiger partial charge in [-0.25, -0.2) is 9.89 Å². The second-order valence-electron chi connectivity index (χ2n) is 6.32. The Morgan fingerprint density at radius 3 is 2.22 bits per heavy atom. The van der Waals surface area contributed by atoms with Crippen LogP contribution < -0.4 is 11.5 Å². The van der Waals surface area contributed by atoms with Gasteiger partial charge in [0.25, 0.3) is 0 Å². The third-order valence-corrected chi connectivity index (χ3v) is 3.38. The van der Waals surface area contributed by atoms with Crippen LogP contribution >= 0.6 is 12.4 Å². The van der Waals surface area contributed by atoms with Crippen molar-refractivity contribution < 1.29 is 19.1 Å². The molecular formula is C14H25ClN4O4. The standard InChI is InChI=1S/C14H24N4O4.ClH/c1-6-8(17-13(15)16)9-10(20)18(11(9)22-7(2)19)12(21)14(3,4)5;/h8-9,11H,6H2,1-5H3,(H4,15,16,17);1H.